The fraction of sp³-hybridized carbons (Fsp3) is 0.600. The standard InChI is InChI=1S/C15H23FN2/c1-11-5-6-15(16)14(8-11)10-18-7-3-4-13(9-18)12(2)17/h5-6,8,12-13H,3-4,7,9-10,17H2,1-2H3. The summed E-state index contributed by atoms with van der Waals surface area (Å²) in [6.45, 7) is 6.82. The number of aryl methyl sites for hydroxylation is 1. The second-order valence-corrected chi connectivity index (χ2v) is 5.59. The first kappa shape index (κ1) is 13.5. The van der Waals surface area contributed by atoms with E-state index in [1.54, 1.807) is 6.07 Å². The Hall–Kier alpha value is -0.930. The lowest BCUT2D eigenvalue weighted by Gasteiger charge is -2.34. The molecule has 2 unspecified atom stereocenters. The molecule has 1 fully saturated rings. The lowest BCUT2D eigenvalue weighted by molar-refractivity contribution is 0.153. The SMILES string of the molecule is Cc1ccc(F)c(CN2CCCC(C(C)N)C2)c1. The number of likely N-dealkylation sites (tertiary alicyclic amines) is 1. The molecular weight excluding hydrogens is 227 g/mol. The van der Waals surface area contributed by atoms with Crippen LogP contribution in [0.5, 0.6) is 0 Å². The first-order valence-electron chi connectivity index (χ1n) is 6.79. The summed E-state index contributed by atoms with van der Waals surface area (Å²) in [5.74, 6) is 0.454. The van der Waals surface area contributed by atoms with Crippen LogP contribution in [0.2, 0.25) is 0 Å². The van der Waals surface area contributed by atoms with E-state index in [1.165, 1.54) is 12.8 Å². The fourth-order valence-corrected chi connectivity index (χ4v) is 2.73. The van der Waals surface area contributed by atoms with Gasteiger partial charge in [0.05, 0.1) is 0 Å². The average molecular weight is 250 g/mol. The maximum absolute atomic E-state index is 13.7. The molecule has 2 atom stereocenters. The van der Waals surface area contributed by atoms with Gasteiger partial charge in [0, 0.05) is 24.7 Å². The monoisotopic (exact) mass is 250 g/mol. The minimum atomic E-state index is -0.0940. The highest BCUT2D eigenvalue weighted by Crippen LogP contribution is 2.21. The van der Waals surface area contributed by atoms with Crippen molar-refractivity contribution in [2.45, 2.75) is 39.3 Å². The van der Waals surface area contributed by atoms with Crippen LogP contribution in [0.1, 0.15) is 30.9 Å². The molecule has 1 aliphatic rings. The zero-order chi connectivity index (χ0) is 13.1. The molecule has 3 heteroatoms. The number of rotatable bonds is 3. The number of nitrogens with two attached hydrogens (primary N) is 1. The smallest absolute Gasteiger partial charge is 0.127 e. The molecule has 1 heterocycles. The molecule has 2 nitrogen and oxygen atoms in total. The van der Waals surface area contributed by atoms with E-state index in [0.29, 0.717) is 12.5 Å². The molecule has 0 saturated carbocycles. The predicted octanol–water partition coefficient (Wildman–Crippen LogP) is 2.69. The molecule has 100 valence electrons. The lowest BCUT2D eigenvalue weighted by Crippen LogP contribution is -2.42. The maximum atomic E-state index is 13.7. The summed E-state index contributed by atoms with van der Waals surface area (Å²) in [5, 5.41) is 0. The zero-order valence-electron chi connectivity index (χ0n) is 11.3. The highest BCUT2D eigenvalue weighted by Gasteiger charge is 2.23. The molecule has 2 rings (SSSR count). The quantitative estimate of drug-likeness (QED) is 0.893. The first-order valence-corrected chi connectivity index (χ1v) is 6.79. The van der Waals surface area contributed by atoms with Crippen LogP contribution in [0, 0.1) is 18.7 Å². The van der Waals surface area contributed by atoms with Crippen molar-refractivity contribution in [1.82, 2.24) is 4.90 Å². The summed E-state index contributed by atoms with van der Waals surface area (Å²) in [4.78, 5) is 2.33. The van der Waals surface area contributed by atoms with E-state index in [4.69, 9.17) is 5.73 Å². The van der Waals surface area contributed by atoms with Crippen molar-refractivity contribution in [2.24, 2.45) is 11.7 Å². The number of nitrogens with zero attached hydrogens (tertiary/aromatic N) is 1. The second-order valence-electron chi connectivity index (χ2n) is 5.59. The van der Waals surface area contributed by atoms with E-state index in [0.717, 1.165) is 24.2 Å². The largest absolute Gasteiger partial charge is 0.328 e. The van der Waals surface area contributed by atoms with Gasteiger partial charge in [0.25, 0.3) is 0 Å². The molecule has 18 heavy (non-hydrogen) atoms. The van der Waals surface area contributed by atoms with Crippen LogP contribution in [0.25, 0.3) is 0 Å². The third kappa shape index (κ3) is 3.30. The van der Waals surface area contributed by atoms with Gasteiger partial charge in [0.2, 0.25) is 0 Å². The predicted molar refractivity (Wildman–Crippen MR) is 72.8 cm³/mol. The minimum Gasteiger partial charge on any atom is -0.328 e. The van der Waals surface area contributed by atoms with Gasteiger partial charge in [-0.25, -0.2) is 4.39 Å². The molecule has 0 aromatic heterocycles. The van der Waals surface area contributed by atoms with Crippen LogP contribution in [-0.2, 0) is 6.54 Å². The summed E-state index contributed by atoms with van der Waals surface area (Å²) in [6.07, 6.45) is 2.37. The van der Waals surface area contributed by atoms with Crippen molar-refractivity contribution >= 4 is 0 Å². The number of hydrogen-bond donors (Lipinski definition) is 1. The fourth-order valence-electron chi connectivity index (χ4n) is 2.73. The molecule has 0 amide bonds. The van der Waals surface area contributed by atoms with E-state index < -0.39 is 0 Å². The highest BCUT2D eigenvalue weighted by molar-refractivity contribution is 5.24. The Morgan fingerprint density at radius 2 is 2.28 bits per heavy atom. The Labute approximate surface area is 109 Å². The first-order chi connectivity index (χ1) is 8.56. The Bertz CT molecular complexity index is 403. The van der Waals surface area contributed by atoms with Crippen molar-refractivity contribution in [3.8, 4) is 0 Å². The number of piperidine rings is 1. The van der Waals surface area contributed by atoms with Gasteiger partial charge in [0.1, 0.15) is 5.82 Å². The van der Waals surface area contributed by atoms with Crippen LogP contribution >= 0.6 is 0 Å². The number of benzene rings is 1. The van der Waals surface area contributed by atoms with Crippen molar-refractivity contribution in [3.05, 3.63) is 35.1 Å². The van der Waals surface area contributed by atoms with Gasteiger partial charge in [-0.3, -0.25) is 4.90 Å². The highest BCUT2D eigenvalue weighted by atomic mass is 19.1. The van der Waals surface area contributed by atoms with Gasteiger partial charge in [-0.05, 0) is 45.2 Å². The Morgan fingerprint density at radius 1 is 1.50 bits per heavy atom. The van der Waals surface area contributed by atoms with E-state index in [2.05, 4.69) is 11.8 Å². The molecular formula is C15H23FN2. The van der Waals surface area contributed by atoms with Crippen molar-refractivity contribution in [1.29, 1.82) is 0 Å². The number of halogens is 1. The van der Waals surface area contributed by atoms with E-state index in [-0.39, 0.29) is 11.9 Å². The number of hydrogen-bond acceptors (Lipinski definition) is 2. The minimum absolute atomic E-state index is 0.0940. The molecule has 2 N–H and O–H groups in total. The molecule has 0 bridgehead atoms. The molecule has 0 aliphatic carbocycles. The van der Waals surface area contributed by atoms with Gasteiger partial charge in [0.15, 0.2) is 0 Å². The summed E-state index contributed by atoms with van der Waals surface area (Å²) in [6, 6.07) is 5.57. The van der Waals surface area contributed by atoms with Gasteiger partial charge in [-0.2, -0.15) is 0 Å². The van der Waals surface area contributed by atoms with Crippen LogP contribution in [0.3, 0.4) is 0 Å². The third-order valence-electron chi connectivity index (χ3n) is 3.88. The van der Waals surface area contributed by atoms with Crippen molar-refractivity contribution in [3.63, 3.8) is 0 Å². The molecule has 1 aromatic rings. The summed E-state index contributed by atoms with van der Waals surface area (Å²) < 4.78 is 13.7. The van der Waals surface area contributed by atoms with Gasteiger partial charge < -0.3 is 5.73 Å². The average Bonchev–Trinajstić information content (AvgIpc) is 2.34. The van der Waals surface area contributed by atoms with Crippen molar-refractivity contribution < 1.29 is 4.39 Å². The van der Waals surface area contributed by atoms with E-state index in [1.807, 2.05) is 19.1 Å². The molecule has 1 aliphatic heterocycles. The molecule has 0 radical (unpaired) electrons. The van der Waals surface area contributed by atoms with Crippen LogP contribution in [0.4, 0.5) is 4.39 Å². The van der Waals surface area contributed by atoms with E-state index in [9.17, 15) is 4.39 Å². The Kier molecular flexibility index (Phi) is 4.36. The molecule has 0 spiro atoms. The zero-order valence-corrected chi connectivity index (χ0v) is 11.3. The summed E-state index contributed by atoms with van der Waals surface area (Å²) >= 11 is 0. The van der Waals surface area contributed by atoms with Crippen LogP contribution in [-0.4, -0.2) is 24.0 Å². The Morgan fingerprint density at radius 3 is 3.00 bits per heavy atom. The third-order valence-corrected chi connectivity index (χ3v) is 3.88. The van der Waals surface area contributed by atoms with Crippen molar-refractivity contribution in [2.75, 3.05) is 13.1 Å². The Balaban J connectivity index is 2.02. The van der Waals surface area contributed by atoms with Crippen LogP contribution < -0.4 is 5.73 Å². The molecule has 1 aromatic carbocycles. The van der Waals surface area contributed by atoms with Crippen LogP contribution in [0.15, 0.2) is 18.2 Å². The summed E-state index contributed by atoms with van der Waals surface area (Å²) in [5.41, 5.74) is 7.90. The maximum Gasteiger partial charge on any atom is 0.127 e. The van der Waals surface area contributed by atoms with Gasteiger partial charge in [-0.15, -0.1) is 0 Å². The molecule has 1 saturated heterocycles. The normalized spacial score (nSPS) is 23.0. The van der Waals surface area contributed by atoms with Gasteiger partial charge >= 0.3 is 0 Å². The second kappa shape index (κ2) is 5.81. The van der Waals surface area contributed by atoms with Gasteiger partial charge in [-0.1, -0.05) is 17.7 Å². The van der Waals surface area contributed by atoms with E-state index >= 15 is 0 Å². The topological polar surface area (TPSA) is 29.3 Å². The summed E-state index contributed by atoms with van der Waals surface area (Å²) in [7, 11) is 0. The lowest BCUT2D eigenvalue weighted by atomic mass is 9.92.